The van der Waals surface area contributed by atoms with Crippen molar-refractivity contribution in [3.05, 3.63) is 11.9 Å². The summed E-state index contributed by atoms with van der Waals surface area (Å²) in [5, 5.41) is 8.14. The molecule has 0 aromatic heterocycles. The third kappa shape index (κ3) is 2.31. The number of aliphatic hydroxyl groups excluding tert-OH is 1. The van der Waals surface area contributed by atoms with Gasteiger partial charge < -0.3 is 10.8 Å². The van der Waals surface area contributed by atoms with Gasteiger partial charge in [0, 0.05) is 6.54 Å². The molecular weight excluding hydrogens is 97.0 g/mol. The van der Waals surface area contributed by atoms with Gasteiger partial charge in [0.15, 0.2) is 0 Å². The Hall–Kier alpha value is -0.410. The summed E-state index contributed by atoms with van der Waals surface area (Å²) >= 11 is 0. The van der Waals surface area contributed by atoms with Crippen molar-refractivity contribution < 1.29 is 9.50 Å². The van der Waals surface area contributed by atoms with E-state index in [4.69, 9.17) is 10.8 Å². The zero-order valence-electron chi connectivity index (χ0n) is 3.89. The summed E-state index contributed by atoms with van der Waals surface area (Å²) in [6.07, 6.45) is 0.319. The van der Waals surface area contributed by atoms with Crippen molar-refractivity contribution >= 4 is 0 Å². The Morgan fingerprint density at radius 1 is 1.86 bits per heavy atom. The van der Waals surface area contributed by atoms with Crippen molar-refractivity contribution in [1.29, 1.82) is 0 Å². The van der Waals surface area contributed by atoms with Gasteiger partial charge in [0.25, 0.3) is 0 Å². The molecule has 0 bridgehead atoms. The summed E-state index contributed by atoms with van der Waals surface area (Å²) in [5.74, 6) is 0. The van der Waals surface area contributed by atoms with Crippen LogP contribution in [0.25, 0.3) is 0 Å². The summed E-state index contributed by atoms with van der Waals surface area (Å²) in [6, 6.07) is 0. The SMILES string of the molecule is NCC(=CF)CO. The molecule has 0 spiro atoms. The minimum Gasteiger partial charge on any atom is -0.392 e. The molecule has 0 aromatic rings. The molecule has 0 aliphatic rings. The fraction of sp³-hybridized carbons (Fsp3) is 0.500. The molecule has 42 valence electrons. The summed E-state index contributed by atoms with van der Waals surface area (Å²) in [5.41, 5.74) is 5.15. The molecule has 0 unspecified atom stereocenters. The Bertz CT molecular complexity index is 66.1. The van der Waals surface area contributed by atoms with Gasteiger partial charge in [0.1, 0.15) is 0 Å². The van der Waals surface area contributed by atoms with Crippen molar-refractivity contribution in [2.24, 2.45) is 5.73 Å². The van der Waals surface area contributed by atoms with E-state index in [1.165, 1.54) is 0 Å². The molecule has 0 rings (SSSR count). The number of rotatable bonds is 2. The molecule has 0 saturated heterocycles. The van der Waals surface area contributed by atoms with Gasteiger partial charge in [-0.25, -0.2) is 4.39 Å². The lowest BCUT2D eigenvalue weighted by Gasteiger charge is -1.90. The molecule has 0 atom stereocenters. The molecule has 0 aromatic carbocycles. The van der Waals surface area contributed by atoms with Gasteiger partial charge in [-0.1, -0.05) is 0 Å². The maximum Gasteiger partial charge on any atom is 0.0894 e. The van der Waals surface area contributed by atoms with Crippen LogP contribution in [-0.4, -0.2) is 18.3 Å². The van der Waals surface area contributed by atoms with Crippen LogP contribution < -0.4 is 5.73 Å². The number of hydrogen-bond donors (Lipinski definition) is 2. The lowest BCUT2D eigenvalue weighted by molar-refractivity contribution is 0.327. The third-order valence-corrected chi connectivity index (χ3v) is 0.620. The number of halogens is 1. The first-order valence-electron chi connectivity index (χ1n) is 1.94. The Labute approximate surface area is 41.4 Å². The van der Waals surface area contributed by atoms with Crippen LogP contribution in [0.5, 0.6) is 0 Å². The Morgan fingerprint density at radius 3 is 2.43 bits per heavy atom. The average molecular weight is 105 g/mol. The number of nitrogens with two attached hydrogens (primary N) is 1. The van der Waals surface area contributed by atoms with Crippen molar-refractivity contribution in [2.75, 3.05) is 13.2 Å². The average Bonchev–Trinajstić information content (AvgIpc) is 1.72. The summed E-state index contributed by atoms with van der Waals surface area (Å²) in [6.45, 7) is -0.194. The summed E-state index contributed by atoms with van der Waals surface area (Å²) in [4.78, 5) is 0. The fourth-order valence-corrected chi connectivity index (χ4v) is 0.144. The van der Waals surface area contributed by atoms with Crippen LogP contribution in [0.2, 0.25) is 0 Å². The monoisotopic (exact) mass is 105 g/mol. The normalized spacial score (nSPS) is 12.1. The smallest absolute Gasteiger partial charge is 0.0894 e. The van der Waals surface area contributed by atoms with E-state index < -0.39 is 0 Å². The Balaban J connectivity index is 3.38. The molecule has 0 aliphatic heterocycles. The van der Waals surface area contributed by atoms with Crippen LogP contribution in [-0.2, 0) is 0 Å². The van der Waals surface area contributed by atoms with Crippen LogP contribution in [0.1, 0.15) is 0 Å². The second kappa shape index (κ2) is 3.77. The zero-order valence-corrected chi connectivity index (χ0v) is 3.89. The lowest BCUT2D eigenvalue weighted by Crippen LogP contribution is -2.05. The minimum absolute atomic E-state index is 0.0903. The molecule has 2 nitrogen and oxygen atoms in total. The van der Waals surface area contributed by atoms with E-state index in [9.17, 15) is 4.39 Å². The first-order valence-corrected chi connectivity index (χ1v) is 1.94. The van der Waals surface area contributed by atoms with Gasteiger partial charge in [-0.3, -0.25) is 0 Å². The first-order chi connectivity index (χ1) is 3.35. The molecule has 0 heterocycles. The predicted molar refractivity (Wildman–Crippen MR) is 25.3 cm³/mol. The predicted octanol–water partition coefficient (Wildman–Crippen LogP) is -0.209. The summed E-state index contributed by atoms with van der Waals surface area (Å²) < 4.78 is 11.3. The third-order valence-electron chi connectivity index (χ3n) is 0.620. The quantitative estimate of drug-likeness (QED) is 0.510. The molecule has 7 heavy (non-hydrogen) atoms. The van der Waals surface area contributed by atoms with Crippen molar-refractivity contribution in [2.45, 2.75) is 0 Å². The molecule has 3 heteroatoms. The fourth-order valence-electron chi connectivity index (χ4n) is 0.144. The van der Waals surface area contributed by atoms with Crippen LogP contribution in [0.4, 0.5) is 4.39 Å². The molecule has 0 fully saturated rings. The molecule has 0 radical (unpaired) electrons. The van der Waals surface area contributed by atoms with Gasteiger partial charge >= 0.3 is 0 Å². The number of aliphatic hydroxyl groups is 1. The van der Waals surface area contributed by atoms with Gasteiger partial charge in [0.2, 0.25) is 0 Å². The Morgan fingerprint density at radius 2 is 2.43 bits per heavy atom. The van der Waals surface area contributed by atoms with Crippen molar-refractivity contribution in [3.8, 4) is 0 Å². The van der Waals surface area contributed by atoms with Gasteiger partial charge in [0.05, 0.1) is 12.9 Å². The summed E-state index contributed by atoms with van der Waals surface area (Å²) in [7, 11) is 0. The largest absolute Gasteiger partial charge is 0.392 e. The van der Waals surface area contributed by atoms with E-state index in [-0.39, 0.29) is 18.7 Å². The second-order valence-corrected chi connectivity index (χ2v) is 1.13. The molecule has 3 N–H and O–H groups in total. The van der Waals surface area contributed by atoms with E-state index in [1.807, 2.05) is 0 Å². The molecule has 0 saturated carbocycles. The highest BCUT2D eigenvalue weighted by Gasteiger charge is 1.86. The first kappa shape index (κ1) is 6.59. The Kier molecular flexibility index (Phi) is 3.55. The highest BCUT2D eigenvalue weighted by Crippen LogP contribution is 1.86. The highest BCUT2D eigenvalue weighted by molar-refractivity contribution is 4.98. The van der Waals surface area contributed by atoms with Crippen LogP contribution >= 0.6 is 0 Å². The molecule has 0 amide bonds. The zero-order chi connectivity index (χ0) is 5.70. The number of hydrogen-bond acceptors (Lipinski definition) is 2. The van der Waals surface area contributed by atoms with Gasteiger partial charge in [-0.05, 0) is 5.57 Å². The van der Waals surface area contributed by atoms with Crippen molar-refractivity contribution in [1.82, 2.24) is 0 Å². The van der Waals surface area contributed by atoms with E-state index >= 15 is 0 Å². The van der Waals surface area contributed by atoms with Gasteiger partial charge in [-0.15, -0.1) is 0 Å². The highest BCUT2D eigenvalue weighted by atomic mass is 19.1. The second-order valence-electron chi connectivity index (χ2n) is 1.13. The molecular formula is C4H8FNO. The van der Waals surface area contributed by atoms with Crippen LogP contribution in [0.15, 0.2) is 11.9 Å². The minimum atomic E-state index is -0.285. The molecule has 0 aliphatic carbocycles. The topological polar surface area (TPSA) is 46.2 Å². The maximum atomic E-state index is 11.3. The van der Waals surface area contributed by atoms with Gasteiger partial charge in [-0.2, -0.15) is 0 Å². The van der Waals surface area contributed by atoms with Crippen LogP contribution in [0.3, 0.4) is 0 Å². The van der Waals surface area contributed by atoms with E-state index in [0.29, 0.717) is 6.33 Å². The van der Waals surface area contributed by atoms with E-state index in [1.54, 1.807) is 0 Å². The van der Waals surface area contributed by atoms with E-state index in [2.05, 4.69) is 0 Å². The van der Waals surface area contributed by atoms with E-state index in [0.717, 1.165) is 0 Å². The maximum absolute atomic E-state index is 11.3. The van der Waals surface area contributed by atoms with Crippen LogP contribution in [0, 0.1) is 0 Å². The standard InChI is InChI=1S/C4H8FNO/c5-1-4(2-6)3-7/h1,7H,2-3,6H2. The lowest BCUT2D eigenvalue weighted by atomic mass is 10.3. The van der Waals surface area contributed by atoms with Crippen molar-refractivity contribution in [3.63, 3.8) is 0 Å².